The Morgan fingerprint density at radius 3 is 2.47 bits per heavy atom. The van der Waals surface area contributed by atoms with Gasteiger partial charge in [0.2, 0.25) is 0 Å². The van der Waals surface area contributed by atoms with Crippen LogP contribution in [0.2, 0.25) is 0 Å². The predicted molar refractivity (Wildman–Crippen MR) is 64.7 cm³/mol. The van der Waals surface area contributed by atoms with E-state index in [-0.39, 0.29) is 17.9 Å². The average molecular weight is 266 g/mol. The maximum atomic E-state index is 13.1. The van der Waals surface area contributed by atoms with E-state index in [9.17, 15) is 13.6 Å². The highest BCUT2D eigenvalue weighted by molar-refractivity contribution is 5.68. The molecule has 0 saturated heterocycles. The van der Waals surface area contributed by atoms with Crippen LogP contribution in [0.3, 0.4) is 0 Å². The van der Waals surface area contributed by atoms with Crippen molar-refractivity contribution in [3.8, 4) is 11.3 Å². The van der Waals surface area contributed by atoms with E-state index in [1.54, 1.807) is 19.1 Å². The SMILES string of the molecule is CC(CC(=O)O)c1ccc(-c2cc(F)cc(F)c2)o1. The monoisotopic (exact) mass is 266 g/mol. The molecule has 0 amide bonds. The molecule has 19 heavy (non-hydrogen) atoms. The summed E-state index contributed by atoms with van der Waals surface area (Å²) in [6.07, 6.45) is -0.0650. The number of aliphatic carboxylic acids is 1. The number of carboxylic acids is 1. The van der Waals surface area contributed by atoms with Crippen molar-refractivity contribution < 1.29 is 23.1 Å². The Balaban J connectivity index is 2.27. The van der Waals surface area contributed by atoms with Gasteiger partial charge in [0.25, 0.3) is 0 Å². The number of benzene rings is 1. The van der Waals surface area contributed by atoms with Crippen molar-refractivity contribution in [3.05, 3.63) is 47.7 Å². The van der Waals surface area contributed by atoms with E-state index >= 15 is 0 Å². The lowest BCUT2D eigenvalue weighted by atomic mass is 10.1. The summed E-state index contributed by atoms with van der Waals surface area (Å²) < 4.78 is 31.6. The standard InChI is InChI=1S/C14H12F2O3/c1-8(4-14(17)18)12-2-3-13(19-12)9-5-10(15)7-11(16)6-9/h2-3,5-8H,4H2,1H3,(H,17,18). The van der Waals surface area contributed by atoms with Crippen LogP contribution in [0.15, 0.2) is 34.7 Å². The normalized spacial score (nSPS) is 12.4. The van der Waals surface area contributed by atoms with Gasteiger partial charge in [-0.15, -0.1) is 0 Å². The number of rotatable bonds is 4. The molecule has 0 bridgehead atoms. The maximum Gasteiger partial charge on any atom is 0.304 e. The van der Waals surface area contributed by atoms with Crippen molar-refractivity contribution in [2.45, 2.75) is 19.3 Å². The summed E-state index contributed by atoms with van der Waals surface area (Å²) in [4.78, 5) is 10.6. The first-order valence-electron chi connectivity index (χ1n) is 5.73. The van der Waals surface area contributed by atoms with Gasteiger partial charge in [-0.3, -0.25) is 4.79 Å². The van der Waals surface area contributed by atoms with E-state index in [1.165, 1.54) is 0 Å². The minimum atomic E-state index is -0.928. The van der Waals surface area contributed by atoms with Crippen molar-refractivity contribution >= 4 is 5.97 Å². The van der Waals surface area contributed by atoms with Crippen molar-refractivity contribution in [2.75, 3.05) is 0 Å². The topological polar surface area (TPSA) is 50.4 Å². The molecule has 0 aliphatic rings. The van der Waals surface area contributed by atoms with Gasteiger partial charge in [-0.05, 0) is 24.3 Å². The fraction of sp³-hybridized carbons (Fsp3) is 0.214. The summed E-state index contributed by atoms with van der Waals surface area (Å²) in [6, 6.07) is 6.29. The summed E-state index contributed by atoms with van der Waals surface area (Å²) in [7, 11) is 0. The Labute approximate surface area is 108 Å². The summed E-state index contributed by atoms with van der Waals surface area (Å²) in [5.74, 6) is -1.82. The van der Waals surface area contributed by atoms with Gasteiger partial charge in [0.05, 0.1) is 6.42 Å². The van der Waals surface area contributed by atoms with Crippen LogP contribution >= 0.6 is 0 Å². The number of furan rings is 1. The molecule has 2 aromatic rings. The molecule has 0 fully saturated rings. The minimum absolute atomic E-state index is 0.0650. The molecule has 1 aromatic carbocycles. The van der Waals surface area contributed by atoms with E-state index in [0.29, 0.717) is 11.5 Å². The van der Waals surface area contributed by atoms with Gasteiger partial charge in [0.1, 0.15) is 23.2 Å². The van der Waals surface area contributed by atoms with Gasteiger partial charge in [-0.25, -0.2) is 8.78 Å². The van der Waals surface area contributed by atoms with E-state index in [1.807, 2.05) is 0 Å². The second-order valence-corrected chi connectivity index (χ2v) is 4.36. The first-order chi connectivity index (χ1) is 8.95. The lowest BCUT2D eigenvalue weighted by Crippen LogP contribution is -2.01. The first-order valence-corrected chi connectivity index (χ1v) is 5.73. The second-order valence-electron chi connectivity index (χ2n) is 4.36. The van der Waals surface area contributed by atoms with Crippen LogP contribution in [0.1, 0.15) is 25.0 Å². The van der Waals surface area contributed by atoms with E-state index in [2.05, 4.69) is 0 Å². The van der Waals surface area contributed by atoms with Gasteiger partial charge in [-0.2, -0.15) is 0 Å². The molecule has 0 aliphatic heterocycles. The number of carbonyl (C=O) groups is 1. The number of carboxylic acid groups (broad SMARTS) is 1. The lowest BCUT2D eigenvalue weighted by molar-refractivity contribution is -0.137. The number of halogens is 2. The zero-order valence-electron chi connectivity index (χ0n) is 10.2. The Morgan fingerprint density at radius 2 is 1.89 bits per heavy atom. The molecular formula is C14H12F2O3. The van der Waals surface area contributed by atoms with Gasteiger partial charge < -0.3 is 9.52 Å². The highest BCUT2D eigenvalue weighted by Crippen LogP contribution is 2.28. The van der Waals surface area contributed by atoms with E-state index in [4.69, 9.17) is 9.52 Å². The summed E-state index contributed by atoms with van der Waals surface area (Å²) in [5, 5.41) is 8.70. The van der Waals surface area contributed by atoms with Crippen LogP contribution in [0.5, 0.6) is 0 Å². The Kier molecular flexibility index (Phi) is 3.64. The quantitative estimate of drug-likeness (QED) is 0.915. The van der Waals surface area contributed by atoms with Crippen molar-refractivity contribution in [1.29, 1.82) is 0 Å². The third-order valence-corrected chi connectivity index (χ3v) is 2.74. The molecule has 1 aromatic heterocycles. The van der Waals surface area contributed by atoms with Crippen LogP contribution in [0.25, 0.3) is 11.3 Å². The molecule has 100 valence electrons. The second kappa shape index (κ2) is 5.22. The third-order valence-electron chi connectivity index (χ3n) is 2.74. The Hall–Kier alpha value is -2.17. The highest BCUT2D eigenvalue weighted by atomic mass is 19.1. The molecule has 0 radical (unpaired) electrons. The fourth-order valence-electron chi connectivity index (χ4n) is 1.83. The predicted octanol–water partition coefficient (Wildman–Crippen LogP) is 3.80. The molecule has 3 nitrogen and oxygen atoms in total. The summed E-state index contributed by atoms with van der Waals surface area (Å²) >= 11 is 0. The molecule has 1 heterocycles. The molecule has 0 spiro atoms. The Morgan fingerprint density at radius 1 is 1.26 bits per heavy atom. The van der Waals surface area contributed by atoms with Crippen molar-refractivity contribution in [2.24, 2.45) is 0 Å². The largest absolute Gasteiger partial charge is 0.481 e. The van der Waals surface area contributed by atoms with Crippen LogP contribution in [0, 0.1) is 11.6 Å². The Bertz CT molecular complexity index is 584. The average Bonchev–Trinajstić information content (AvgIpc) is 2.75. The van der Waals surface area contributed by atoms with E-state index in [0.717, 1.165) is 18.2 Å². The highest BCUT2D eigenvalue weighted by Gasteiger charge is 2.15. The van der Waals surface area contributed by atoms with Crippen LogP contribution in [-0.2, 0) is 4.79 Å². The van der Waals surface area contributed by atoms with E-state index < -0.39 is 17.6 Å². The molecule has 1 unspecified atom stereocenters. The number of hydrogen-bond donors (Lipinski definition) is 1. The van der Waals surface area contributed by atoms with Crippen LogP contribution in [-0.4, -0.2) is 11.1 Å². The molecule has 0 aliphatic carbocycles. The molecule has 1 N–H and O–H groups in total. The van der Waals surface area contributed by atoms with Gasteiger partial charge >= 0.3 is 5.97 Å². The van der Waals surface area contributed by atoms with Crippen LogP contribution < -0.4 is 0 Å². The lowest BCUT2D eigenvalue weighted by Gasteiger charge is -2.04. The maximum absolute atomic E-state index is 13.1. The van der Waals surface area contributed by atoms with Crippen LogP contribution in [0.4, 0.5) is 8.78 Å². The minimum Gasteiger partial charge on any atom is -0.481 e. The van der Waals surface area contributed by atoms with Gasteiger partial charge in [0, 0.05) is 17.5 Å². The first kappa shape index (κ1) is 13.3. The smallest absolute Gasteiger partial charge is 0.304 e. The fourth-order valence-corrected chi connectivity index (χ4v) is 1.83. The summed E-state index contributed by atoms with van der Waals surface area (Å²) in [6.45, 7) is 1.71. The molecule has 1 atom stereocenters. The molecule has 2 rings (SSSR count). The third kappa shape index (κ3) is 3.19. The molecular weight excluding hydrogens is 254 g/mol. The van der Waals surface area contributed by atoms with Crippen molar-refractivity contribution in [1.82, 2.24) is 0 Å². The molecule has 5 heteroatoms. The van der Waals surface area contributed by atoms with Crippen molar-refractivity contribution in [3.63, 3.8) is 0 Å². The summed E-state index contributed by atoms with van der Waals surface area (Å²) in [5.41, 5.74) is 0.284. The zero-order chi connectivity index (χ0) is 14.0. The van der Waals surface area contributed by atoms with Gasteiger partial charge in [-0.1, -0.05) is 6.92 Å². The molecule has 0 saturated carbocycles. The van der Waals surface area contributed by atoms with Gasteiger partial charge in [0.15, 0.2) is 0 Å². The zero-order valence-corrected chi connectivity index (χ0v) is 10.2. The number of hydrogen-bond acceptors (Lipinski definition) is 2.